The minimum atomic E-state index is 0.337. The van der Waals surface area contributed by atoms with E-state index in [-0.39, 0.29) is 0 Å². The van der Waals surface area contributed by atoms with Crippen LogP contribution in [0.2, 0.25) is 0 Å². The van der Waals surface area contributed by atoms with E-state index in [9.17, 15) is 0 Å². The summed E-state index contributed by atoms with van der Waals surface area (Å²) in [6, 6.07) is 0.464. The number of fused-ring (bicyclic) bond motifs is 1. The second kappa shape index (κ2) is 6.63. The van der Waals surface area contributed by atoms with Crippen LogP contribution in [-0.2, 0) is 11.2 Å². The Morgan fingerprint density at radius 2 is 2.29 bits per heavy atom. The standard InChI is InChI=1S/C16H27N3OS/c1-4-17-12-6-5-7-14-15(12)18-16(21-14)19-9-8-11(2)13(10-19)20-3/h11-13,17H,4-10H2,1-3H3. The summed E-state index contributed by atoms with van der Waals surface area (Å²) < 4.78 is 5.64. The van der Waals surface area contributed by atoms with Crippen molar-refractivity contribution < 1.29 is 4.74 Å². The van der Waals surface area contributed by atoms with Gasteiger partial charge in [-0.2, -0.15) is 0 Å². The molecule has 3 rings (SSSR count). The van der Waals surface area contributed by atoms with Gasteiger partial charge in [-0.05, 0) is 38.1 Å². The first-order valence-corrected chi connectivity index (χ1v) is 9.05. The van der Waals surface area contributed by atoms with Crippen LogP contribution in [0, 0.1) is 5.92 Å². The number of ether oxygens (including phenoxy) is 1. The predicted molar refractivity (Wildman–Crippen MR) is 88.3 cm³/mol. The summed E-state index contributed by atoms with van der Waals surface area (Å²) in [5.74, 6) is 0.648. The van der Waals surface area contributed by atoms with Crippen molar-refractivity contribution in [1.82, 2.24) is 10.3 Å². The lowest BCUT2D eigenvalue weighted by Gasteiger charge is -2.36. The highest BCUT2D eigenvalue weighted by Gasteiger charge is 2.30. The third kappa shape index (κ3) is 3.10. The van der Waals surface area contributed by atoms with Gasteiger partial charge in [0.1, 0.15) is 0 Å². The molecule has 1 aliphatic carbocycles. The van der Waals surface area contributed by atoms with Crippen molar-refractivity contribution in [3.63, 3.8) is 0 Å². The van der Waals surface area contributed by atoms with Crippen molar-refractivity contribution in [3.05, 3.63) is 10.6 Å². The van der Waals surface area contributed by atoms with Gasteiger partial charge in [0.2, 0.25) is 0 Å². The molecule has 0 amide bonds. The Labute approximate surface area is 131 Å². The van der Waals surface area contributed by atoms with E-state index in [2.05, 4.69) is 24.1 Å². The van der Waals surface area contributed by atoms with Crippen LogP contribution in [0.1, 0.15) is 49.7 Å². The van der Waals surface area contributed by atoms with Crippen LogP contribution in [0.5, 0.6) is 0 Å². The lowest BCUT2D eigenvalue weighted by atomic mass is 9.96. The molecule has 3 atom stereocenters. The Bertz CT molecular complexity index is 476. The molecule has 0 aromatic carbocycles. The molecule has 0 radical (unpaired) electrons. The van der Waals surface area contributed by atoms with Gasteiger partial charge in [0, 0.05) is 25.1 Å². The van der Waals surface area contributed by atoms with Gasteiger partial charge in [-0.3, -0.25) is 0 Å². The number of aromatic nitrogens is 1. The Morgan fingerprint density at radius 3 is 3.05 bits per heavy atom. The fraction of sp³-hybridized carbons (Fsp3) is 0.812. The fourth-order valence-corrected chi connectivity index (χ4v) is 4.70. The molecule has 0 saturated carbocycles. The van der Waals surface area contributed by atoms with Gasteiger partial charge in [0.05, 0.1) is 17.8 Å². The van der Waals surface area contributed by atoms with Crippen LogP contribution in [0.3, 0.4) is 0 Å². The molecule has 2 aliphatic rings. The summed E-state index contributed by atoms with van der Waals surface area (Å²) in [4.78, 5) is 8.92. The predicted octanol–water partition coefficient (Wildman–Crippen LogP) is 2.99. The molecule has 1 aliphatic heterocycles. The number of piperidine rings is 1. The van der Waals surface area contributed by atoms with Crippen molar-refractivity contribution in [2.45, 2.75) is 51.7 Å². The number of anilines is 1. The maximum atomic E-state index is 5.64. The number of hydrogen-bond donors (Lipinski definition) is 1. The molecule has 4 nitrogen and oxygen atoms in total. The first-order chi connectivity index (χ1) is 10.2. The van der Waals surface area contributed by atoms with E-state index in [1.807, 2.05) is 18.4 Å². The zero-order valence-electron chi connectivity index (χ0n) is 13.4. The summed E-state index contributed by atoms with van der Waals surface area (Å²) in [5, 5.41) is 4.79. The van der Waals surface area contributed by atoms with Gasteiger partial charge in [-0.15, -0.1) is 11.3 Å². The summed E-state index contributed by atoms with van der Waals surface area (Å²) in [7, 11) is 1.83. The molecule has 1 aromatic rings. The van der Waals surface area contributed by atoms with E-state index in [0.717, 1.165) is 19.6 Å². The van der Waals surface area contributed by atoms with Crippen LogP contribution in [-0.4, -0.2) is 37.8 Å². The topological polar surface area (TPSA) is 37.4 Å². The first kappa shape index (κ1) is 15.3. The number of methoxy groups -OCH3 is 1. The minimum absolute atomic E-state index is 0.337. The lowest BCUT2D eigenvalue weighted by molar-refractivity contribution is 0.0498. The SMILES string of the molecule is CCNC1CCCc2sc(N3CCC(C)C(OC)C3)nc21. The minimum Gasteiger partial charge on any atom is -0.379 e. The van der Waals surface area contributed by atoms with E-state index in [0.29, 0.717) is 18.1 Å². The van der Waals surface area contributed by atoms with Crippen LogP contribution in [0.4, 0.5) is 5.13 Å². The molecule has 3 unspecified atom stereocenters. The van der Waals surface area contributed by atoms with Gasteiger partial charge >= 0.3 is 0 Å². The average molecular weight is 309 g/mol. The normalized spacial score (nSPS) is 29.5. The molecule has 5 heteroatoms. The third-order valence-electron chi connectivity index (χ3n) is 4.86. The highest BCUT2D eigenvalue weighted by molar-refractivity contribution is 7.15. The zero-order valence-corrected chi connectivity index (χ0v) is 14.2. The molecule has 118 valence electrons. The van der Waals surface area contributed by atoms with E-state index < -0.39 is 0 Å². The molecule has 1 N–H and O–H groups in total. The second-order valence-corrected chi connectivity index (χ2v) is 7.36. The number of aryl methyl sites for hydroxylation is 1. The number of hydrogen-bond acceptors (Lipinski definition) is 5. The molecule has 0 spiro atoms. The maximum absolute atomic E-state index is 5.64. The average Bonchev–Trinajstić information content (AvgIpc) is 2.93. The first-order valence-electron chi connectivity index (χ1n) is 8.23. The molecular formula is C16H27N3OS. The van der Waals surface area contributed by atoms with Gasteiger partial charge in [0.25, 0.3) is 0 Å². The summed E-state index contributed by atoms with van der Waals surface area (Å²) >= 11 is 1.90. The molecule has 1 aromatic heterocycles. The smallest absolute Gasteiger partial charge is 0.185 e. The Hall–Kier alpha value is -0.650. The fourth-order valence-electron chi connectivity index (χ4n) is 3.50. The monoisotopic (exact) mass is 309 g/mol. The molecule has 1 fully saturated rings. The van der Waals surface area contributed by atoms with Crippen molar-refractivity contribution in [2.24, 2.45) is 5.92 Å². The van der Waals surface area contributed by atoms with E-state index in [4.69, 9.17) is 9.72 Å². The van der Waals surface area contributed by atoms with Crippen molar-refractivity contribution >= 4 is 16.5 Å². The van der Waals surface area contributed by atoms with Crippen LogP contribution in [0.25, 0.3) is 0 Å². The van der Waals surface area contributed by atoms with Crippen molar-refractivity contribution in [3.8, 4) is 0 Å². The molecule has 2 heterocycles. The van der Waals surface area contributed by atoms with Crippen molar-refractivity contribution in [2.75, 3.05) is 31.6 Å². The maximum Gasteiger partial charge on any atom is 0.185 e. The number of thiazole rings is 1. The van der Waals surface area contributed by atoms with Gasteiger partial charge in [-0.25, -0.2) is 4.98 Å². The Kier molecular flexibility index (Phi) is 4.82. The van der Waals surface area contributed by atoms with E-state index >= 15 is 0 Å². The quantitative estimate of drug-likeness (QED) is 0.928. The van der Waals surface area contributed by atoms with Crippen LogP contribution in [0.15, 0.2) is 0 Å². The highest BCUT2D eigenvalue weighted by atomic mass is 32.1. The largest absolute Gasteiger partial charge is 0.379 e. The number of nitrogens with one attached hydrogen (secondary N) is 1. The Morgan fingerprint density at radius 1 is 1.43 bits per heavy atom. The second-order valence-electron chi connectivity index (χ2n) is 6.29. The lowest BCUT2D eigenvalue weighted by Crippen LogP contribution is -2.43. The summed E-state index contributed by atoms with van der Waals surface area (Å²) in [6.45, 7) is 7.58. The van der Waals surface area contributed by atoms with Gasteiger partial charge < -0.3 is 15.0 Å². The van der Waals surface area contributed by atoms with Crippen LogP contribution < -0.4 is 10.2 Å². The molecular weight excluding hydrogens is 282 g/mol. The van der Waals surface area contributed by atoms with Gasteiger partial charge in [0.15, 0.2) is 5.13 Å². The Balaban J connectivity index is 1.78. The van der Waals surface area contributed by atoms with Crippen LogP contribution >= 0.6 is 11.3 Å². The third-order valence-corrected chi connectivity index (χ3v) is 6.05. The van der Waals surface area contributed by atoms with Gasteiger partial charge in [-0.1, -0.05) is 13.8 Å². The highest BCUT2D eigenvalue weighted by Crippen LogP contribution is 2.37. The summed E-state index contributed by atoms with van der Waals surface area (Å²) in [6.07, 6.45) is 5.24. The summed E-state index contributed by atoms with van der Waals surface area (Å²) in [5.41, 5.74) is 1.32. The zero-order chi connectivity index (χ0) is 14.8. The molecule has 1 saturated heterocycles. The number of nitrogens with zero attached hydrogens (tertiary/aromatic N) is 2. The van der Waals surface area contributed by atoms with E-state index in [1.54, 1.807) is 0 Å². The number of rotatable bonds is 4. The molecule has 0 bridgehead atoms. The molecule has 21 heavy (non-hydrogen) atoms. The van der Waals surface area contributed by atoms with Crippen molar-refractivity contribution in [1.29, 1.82) is 0 Å². The van der Waals surface area contributed by atoms with E-state index in [1.165, 1.54) is 41.4 Å².